The molecule has 0 N–H and O–H groups in total. The number of ether oxygens (including phenoxy) is 2. The van der Waals surface area contributed by atoms with E-state index >= 15 is 0 Å². The van der Waals surface area contributed by atoms with E-state index in [0.29, 0.717) is 47.0 Å². The van der Waals surface area contributed by atoms with E-state index in [2.05, 4.69) is 10.2 Å². The minimum atomic E-state index is -0.0705. The van der Waals surface area contributed by atoms with Crippen LogP contribution in [0.25, 0.3) is 11.5 Å². The zero-order valence-corrected chi connectivity index (χ0v) is 18.6. The standard InChI is InChI=1S/C24H22ClN3O5/c25-18-6-3-15(4-7-18)19(29)8-10-22(30)28-11-1-2-17(13-28)24-27-26-23(33-24)16-5-9-20-21(12-16)32-14-31-20/h3-7,9,12,17H,1-2,8,10-11,13-14H2. The van der Waals surface area contributed by atoms with Crippen molar-refractivity contribution in [2.24, 2.45) is 0 Å². The van der Waals surface area contributed by atoms with Gasteiger partial charge < -0.3 is 18.8 Å². The summed E-state index contributed by atoms with van der Waals surface area (Å²) in [5.74, 6) is 2.10. The predicted octanol–water partition coefficient (Wildman–Crippen LogP) is 4.49. The Morgan fingerprint density at radius 1 is 1.03 bits per heavy atom. The maximum absolute atomic E-state index is 12.8. The molecule has 170 valence electrons. The van der Waals surface area contributed by atoms with Crippen molar-refractivity contribution in [3.05, 3.63) is 58.9 Å². The molecule has 1 amide bonds. The molecular weight excluding hydrogens is 446 g/mol. The first kappa shape index (κ1) is 21.5. The number of ketones is 1. The highest BCUT2D eigenvalue weighted by Gasteiger charge is 2.29. The Labute approximate surface area is 195 Å². The summed E-state index contributed by atoms with van der Waals surface area (Å²) >= 11 is 5.87. The molecule has 2 aromatic carbocycles. The fraction of sp³-hybridized carbons (Fsp3) is 0.333. The molecule has 0 spiro atoms. The molecule has 0 saturated carbocycles. The number of aromatic nitrogens is 2. The van der Waals surface area contributed by atoms with E-state index in [-0.39, 0.29) is 37.2 Å². The van der Waals surface area contributed by atoms with Crippen LogP contribution in [0.15, 0.2) is 46.9 Å². The average molecular weight is 468 g/mol. The SMILES string of the molecule is O=C(CCC(=O)N1CCCC(c2nnc(-c3ccc4c(c3)OCO4)o2)C1)c1ccc(Cl)cc1. The normalized spacial score (nSPS) is 17.2. The van der Waals surface area contributed by atoms with Gasteiger partial charge in [0, 0.05) is 42.1 Å². The zero-order valence-electron chi connectivity index (χ0n) is 17.8. The van der Waals surface area contributed by atoms with Crippen molar-refractivity contribution >= 4 is 23.3 Å². The third-order valence-corrected chi connectivity index (χ3v) is 6.17. The number of rotatable bonds is 6. The van der Waals surface area contributed by atoms with E-state index in [4.69, 9.17) is 25.5 Å². The molecule has 1 aromatic heterocycles. The first-order chi connectivity index (χ1) is 16.1. The van der Waals surface area contributed by atoms with E-state index in [1.165, 1.54) is 0 Å². The second-order valence-corrected chi connectivity index (χ2v) is 8.56. The van der Waals surface area contributed by atoms with E-state index in [9.17, 15) is 9.59 Å². The molecule has 0 bridgehead atoms. The number of Topliss-reactive ketones (excluding diaryl/α,β-unsaturated/α-hetero) is 1. The van der Waals surface area contributed by atoms with E-state index in [1.807, 2.05) is 18.2 Å². The summed E-state index contributed by atoms with van der Waals surface area (Å²) in [6.45, 7) is 1.36. The molecule has 1 atom stereocenters. The van der Waals surface area contributed by atoms with Crippen molar-refractivity contribution in [2.75, 3.05) is 19.9 Å². The highest BCUT2D eigenvalue weighted by molar-refractivity contribution is 6.30. The van der Waals surface area contributed by atoms with Gasteiger partial charge in [-0.05, 0) is 55.3 Å². The van der Waals surface area contributed by atoms with Gasteiger partial charge in [0.2, 0.25) is 24.5 Å². The Hall–Kier alpha value is -3.39. The maximum Gasteiger partial charge on any atom is 0.247 e. The van der Waals surface area contributed by atoms with Crippen LogP contribution in [-0.2, 0) is 4.79 Å². The summed E-state index contributed by atoms with van der Waals surface area (Å²) in [6.07, 6.45) is 2.02. The van der Waals surface area contributed by atoms with Crippen LogP contribution >= 0.6 is 11.6 Å². The second kappa shape index (κ2) is 9.23. The molecule has 8 nitrogen and oxygen atoms in total. The molecule has 0 radical (unpaired) electrons. The van der Waals surface area contributed by atoms with Gasteiger partial charge in [-0.15, -0.1) is 10.2 Å². The molecule has 3 heterocycles. The number of carbonyl (C=O) groups is 2. The predicted molar refractivity (Wildman–Crippen MR) is 119 cm³/mol. The number of halogens is 1. The van der Waals surface area contributed by atoms with Crippen LogP contribution in [0.2, 0.25) is 5.02 Å². The maximum atomic E-state index is 12.8. The Bertz CT molecular complexity index is 1180. The Morgan fingerprint density at radius 2 is 1.85 bits per heavy atom. The second-order valence-electron chi connectivity index (χ2n) is 8.12. The van der Waals surface area contributed by atoms with E-state index in [1.54, 1.807) is 29.2 Å². The number of amides is 1. The first-order valence-electron chi connectivity index (χ1n) is 10.9. The smallest absolute Gasteiger partial charge is 0.247 e. The first-order valence-corrected chi connectivity index (χ1v) is 11.2. The lowest BCUT2D eigenvalue weighted by atomic mass is 9.97. The van der Waals surface area contributed by atoms with Crippen LogP contribution in [-0.4, -0.2) is 46.7 Å². The van der Waals surface area contributed by atoms with Crippen LogP contribution in [0.3, 0.4) is 0 Å². The van der Waals surface area contributed by atoms with Crippen LogP contribution in [0.1, 0.15) is 47.8 Å². The molecule has 1 fully saturated rings. The molecule has 2 aliphatic heterocycles. The number of piperidine rings is 1. The molecule has 1 saturated heterocycles. The van der Waals surface area contributed by atoms with Gasteiger partial charge in [0.1, 0.15) is 0 Å². The quantitative estimate of drug-likeness (QED) is 0.493. The lowest BCUT2D eigenvalue weighted by molar-refractivity contribution is -0.132. The lowest BCUT2D eigenvalue weighted by Gasteiger charge is -2.31. The number of hydrogen-bond acceptors (Lipinski definition) is 7. The Morgan fingerprint density at radius 3 is 2.70 bits per heavy atom. The summed E-state index contributed by atoms with van der Waals surface area (Å²) in [4.78, 5) is 26.9. The molecular formula is C24H22ClN3O5. The number of nitrogens with zero attached hydrogens (tertiary/aromatic N) is 3. The largest absolute Gasteiger partial charge is 0.454 e. The minimum absolute atomic E-state index is 0.0371. The summed E-state index contributed by atoms with van der Waals surface area (Å²) in [5.41, 5.74) is 1.31. The van der Waals surface area contributed by atoms with Crippen molar-refractivity contribution < 1.29 is 23.5 Å². The summed E-state index contributed by atoms with van der Waals surface area (Å²) in [5, 5.41) is 8.99. The average Bonchev–Trinajstić information content (AvgIpc) is 3.52. The van der Waals surface area contributed by atoms with Crippen molar-refractivity contribution in [1.29, 1.82) is 0 Å². The topological polar surface area (TPSA) is 94.8 Å². The van der Waals surface area contributed by atoms with Crippen molar-refractivity contribution in [3.63, 3.8) is 0 Å². The van der Waals surface area contributed by atoms with Gasteiger partial charge in [0.15, 0.2) is 17.3 Å². The van der Waals surface area contributed by atoms with Crippen LogP contribution in [0, 0.1) is 0 Å². The molecule has 9 heteroatoms. The summed E-state index contributed by atoms with van der Waals surface area (Å²) < 4.78 is 16.7. The third kappa shape index (κ3) is 4.71. The highest BCUT2D eigenvalue weighted by atomic mass is 35.5. The van der Waals surface area contributed by atoms with Gasteiger partial charge in [-0.25, -0.2) is 0 Å². The molecule has 33 heavy (non-hydrogen) atoms. The molecule has 5 rings (SSSR count). The number of fused-ring (bicyclic) bond motifs is 1. The van der Waals surface area contributed by atoms with E-state index < -0.39 is 0 Å². The lowest BCUT2D eigenvalue weighted by Crippen LogP contribution is -2.39. The van der Waals surface area contributed by atoms with Gasteiger partial charge >= 0.3 is 0 Å². The number of hydrogen-bond donors (Lipinski definition) is 0. The van der Waals surface area contributed by atoms with Gasteiger partial charge in [-0.1, -0.05) is 11.6 Å². The van der Waals surface area contributed by atoms with Gasteiger partial charge in [0.25, 0.3) is 0 Å². The minimum Gasteiger partial charge on any atom is -0.454 e. The Kier molecular flexibility index (Phi) is 6.00. The van der Waals surface area contributed by atoms with Gasteiger partial charge in [-0.2, -0.15) is 0 Å². The Balaban J connectivity index is 1.20. The third-order valence-electron chi connectivity index (χ3n) is 5.92. The molecule has 0 aliphatic carbocycles. The molecule has 1 unspecified atom stereocenters. The highest BCUT2D eigenvalue weighted by Crippen LogP contribution is 2.36. The summed E-state index contributed by atoms with van der Waals surface area (Å²) in [7, 11) is 0. The fourth-order valence-electron chi connectivity index (χ4n) is 4.11. The molecule has 2 aliphatic rings. The number of likely N-dealkylation sites (tertiary alicyclic amines) is 1. The fourth-order valence-corrected chi connectivity index (χ4v) is 4.24. The number of benzene rings is 2. The van der Waals surface area contributed by atoms with Crippen LogP contribution < -0.4 is 9.47 Å². The van der Waals surface area contributed by atoms with Crippen molar-refractivity contribution in [3.8, 4) is 23.0 Å². The van der Waals surface area contributed by atoms with Crippen LogP contribution in [0.5, 0.6) is 11.5 Å². The molecule has 3 aromatic rings. The van der Waals surface area contributed by atoms with Crippen molar-refractivity contribution in [1.82, 2.24) is 15.1 Å². The van der Waals surface area contributed by atoms with Crippen LogP contribution in [0.4, 0.5) is 0 Å². The van der Waals surface area contributed by atoms with Gasteiger partial charge in [0.05, 0.1) is 5.92 Å². The monoisotopic (exact) mass is 467 g/mol. The summed E-state index contributed by atoms with van der Waals surface area (Å²) in [6, 6.07) is 12.2. The zero-order chi connectivity index (χ0) is 22.8. The van der Waals surface area contributed by atoms with Gasteiger partial charge in [-0.3, -0.25) is 9.59 Å². The van der Waals surface area contributed by atoms with Crippen molar-refractivity contribution in [2.45, 2.75) is 31.6 Å². The number of carbonyl (C=O) groups excluding carboxylic acids is 2. The van der Waals surface area contributed by atoms with E-state index in [0.717, 1.165) is 18.4 Å².